The zero-order valence-corrected chi connectivity index (χ0v) is 22.4. The van der Waals surface area contributed by atoms with Gasteiger partial charge in [0, 0.05) is 25.2 Å². The van der Waals surface area contributed by atoms with Crippen LogP contribution in [0.1, 0.15) is 72.5 Å². The van der Waals surface area contributed by atoms with Crippen LogP contribution in [-0.4, -0.2) is 34.3 Å². The number of nitriles is 1. The van der Waals surface area contributed by atoms with Crippen molar-refractivity contribution in [2.24, 2.45) is 0 Å². The third kappa shape index (κ3) is 9.11. The van der Waals surface area contributed by atoms with E-state index in [1.165, 1.54) is 30.6 Å². The van der Waals surface area contributed by atoms with Crippen LogP contribution in [-0.2, 0) is 22.7 Å². The molecule has 7 nitrogen and oxygen atoms in total. The van der Waals surface area contributed by atoms with Crippen molar-refractivity contribution in [3.05, 3.63) is 95.1 Å². The highest BCUT2D eigenvalue weighted by Crippen LogP contribution is 2.22. The zero-order valence-electron chi connectivity index (χ0n) is 22.4. The normalized spacial score (nSPS) is 10.5. The number of aliphatic carboxylic acids is 1. The molecule has 0 aliphatic carbocycles. The summed E-state index contributed by atoms with van der Waals surface area (Å²) in [4.78, 5) is 37.7. The number of carbonyl (C=O) groups excluding carboxylic acids is 2. The number of carboxylic acids is 1. The standard InChI is InChI=1S/C32H35N3O4/c1-2-3-4-5-6-7-18-34-30(36)29-13-9-12-28(20-29)27-16-14-24(15-17-27)22-35(31(37)32(38)39)23-26-11-8-10-25(19-26)21-33/h8-17,19-20H,2-7,18,22-23H2,1H3,(H,34,36)(H,38,39). The maximum absolute atomic E-state index is 12.6. The largest absolute Gasteiger partial charge is 0.474 e. The molecule has 0 aliphatic heterocycles. The van der Waals surface area contributed by atoms with Crippen LogP contribution < -0.4 is 5.32 Å². The SMILES string of the molecule is CCCCCCCCNC(=O)c1cccc(-c2ccc(CN(Cc3cccc(C#N)c3)C(=O)C(=O)O)cc2)c1. The highest BCUT2D eigenvalue weighted by atomic mass is 16.4. The number of carboxylic acid groups (broad SMARTS) is 1. The molecule has 0 aliphatic rings. The van der Waals surface area contributed by atoms with Crippen molar-refractivity contribution in [3.63, 3.8) is 0 Å². The van der Waals surface area contributed by atoms with Gasteiger partial charge in [-0.05, 0) is 52.9 Å². The van der Waals surface area contributed by atoms with E-state index in [4.69, 9.17) is 5.26 Å². The average Bonchev–Trinajstić information content (AvgIpc) is 2.96. The highest BCUT2D eigenvalue weighted by Gasteiger charge is 2.21. The third-order valence-electron chi connectivity index (χ3n) is 6.50. The van der Waals surface area contributed by atoms with Crippen molar-refractivity contribution >= 4 is 17.8 Å². The van der Waals surface area contributed by atoms with E-state index in [1.807, 2.05) is 42.5 Å². The van der Waals surface area contributed by atoms with Crippen molar-refractivity contribution < 1.29 is 19.5 Å². The van der Waals surface area contributed by atoms with Crippen LogP contribution in [0.3, 0.4) is 0 Å². The number of hydrogen-bond acceptors (Lipinski definition) is 4. The summed E-state index contributed by atoms with van der Waals surface area (Å²) in [6.07, 6.45) is 7.02. The van der Waals surface area contributed by atoms with Crippen LogP contribution in [0.4, 0.5) is 0 Å². The Bertz CT molecular complexity index is 1310. The second kappa shape index (κ2) is 15.1. The van der Waals surface area contributed by atoms with Gasteiger partial charge < -0.3 is 15.3 Å². The van der Waals surface area contributed by atoms with Crippen LogP contribution in [0.5, 0.6) is 0 Å². The van der Waals surface area contributed by atoms with E-state index in [0.29, 0.717) is 23.2 Å². The van der Waals surface area contributed by atoms with Gasteiger partial charge in [0.1, 0.15) is 0 Å². The predicted molar refractivity (Wildman–Crippen MR) is 151 cm³/mol. The molecule has 202 valence electrons. The minimum absolute atomic E-state index is 0.0678. The molecule has 0 saturated carbocycles. The molecule has 0 atom stereocenters. The van der Waals surface area contributed by atoms with Gasteiger partial charge in [0.25, 0.3) is 5.91 Å². The second-order valence-corrected chi connectivity index (χ2v) is 9.58. The molecule has 0 aromatic heterocycles. The van der Waals surface area contributed by atoms with Crippen LogP contribution >= 0.6 is 0 Å². The Morgan fingerprint density at radius 3 is 2.23 bits per heavy atom. The molecule has 0 fully saturated rings. The van der Waals surface area contributed by atoms with Crippen molar-refractivity contribution in [3.8, 4) is 17.2 Å². The summed E-state index contributed by atoms with van der Waals surface area (Å²) in [6.45, 7) is 3.03. The summed E-state index contributed by atoms with van der Waals surface area (Å²) >= 11 is 0. The lowest BCUT2D eigenvalue weighted by Gasteiger charge is -2.21. The summed E-state index contributed by atoms with van der Waals surface area (Å²) < 4.78 is 0. The molecule has 3 aromatic rings. The zero-order chi connectivity index (χ0) is 28.0. The lowest BCUT2D eigenvalue weighted by Crippen LogP contribution is -2.35. The topological polar surface area (TPSA) is 111 Å². The first-order valence-electron chi connectivity index (χ1n) is 13.4. The van der Waals surface area contributed by atoms with Gasteiger partial charge >= 0.3 is 11.9 Å². The minimum Gasteiger partial charge on any atom is -0.474 e. The fraction of sp³-hybridized carbons (Fsp3) is 0.312. The third-order valence-corrected chi connectivity index (χ3v) is 6.50. The Kier molecular flexibility index (Phi) is 11.3. The van der Waals surface area contributed by atoms with Crippen LogP contribution in [0.15, 0.2) is 72.8 Å². The van der Waals surface area contributed by atoms with Gasteiger partial charge in [-0.2, -0.15) is 5.26 Å². The van der Waals surface area contributed by atoms with Crippen molar-refractivity contribution in [2.75, 3.05) is 6.54 Å². The van der Waals surface area contributed by atoms with Crippen LogP contribution in [0.25, 0.3) is 11.1 Å². The number of amides is 2. The van der Waals surface area contributed by atoms with E-state index in [0.717, 1.165) is 29.5 Å². The molecule has 0 heterocycles. The molecule has 39 heavy (non-hydrogen) atoms. The van der Waals surface area contributed by atoms with E-state index in [-0.39, 0.29) is 19.0 Å². The van der Waals surface area contributed by atoms with Gasteiger partial charge in [-0.1, -0.05) is 87.6 Å². The molecule has 0 unspecified atom stereocenters. The predicted octanol–water partition coefficient (Wildman–Crippen LogP) is 5.93. The molecule has 0 saturated heterocycles. The quantitative estimate of drug-likeness (QED) is 0.212. The molecule has 2 amide bonds. The lowest BCUT2D eigenvalue weighted by atomic mass is 10.0. The average molecular weight is 526 g/mol. The molecular formula is C32H35N3O4. The number of rotatable bonds is 13. The monoisotopic (exact) mass is 525 g/mol. The van der Waals surface area contributed by atoms with Crippen molar-refractivity contribution in [1.29, 1.82) is 5.26 Å². The minimum atomic E-state index is -1.53. The summed E-state index contributed by atoms with van der Waals surface area (Å²) in [5, 5.41) is 21.4. The summed E-state index contributed by atoms with van der Waals surface area (Å²) in [5.41, 5.74) is 4.27. The summed E-state index contributed by atoms with van der Waals surface area (Å²) in [7, 11) is 0. The Morgan fingerprint density at radius 1 is 0.821 bits per heavy atom. The van der Waals surface area contributed by atoms with Gasteiger partial charge in [0.05, 0.1) is 11.6 Å². The van der Waals surface area contributed by atoms with Gasteiger partial charge in [-0.3, -0.25) is 9.59 Å². The number of hydrogen-bond donors (Lipinski definition) is 2. The first kappa shape index (κ1) is 29.1. The first-order chi connectivity index (χ1) is 18.9. The van der Waals surface area contributed by atoms with Crippen LogP contribution in [0.2, 0.25) is 0 Å². The smallest absolute Gasteiger partial charge is 0.394 e. The fourth-order valence-electron chi connectivity index (χ4n) is 4.37. The van der Waals surface area contributed by atoms with E-state index in [9.17, 15) is 19.5 Å². The van der Waals surface area contributed by atoms with E-state index in [1.54, 1.807) is 30.3 Å². The van der Waals surface area contributed by atoms with E-state index >= 15 is 0 Å². The van der Waals surface area contributed by atoms with Gasteiger partial charge in [-0.15, -0.1) is 0 Å². The number of unbranched alkanes of at least 4 members (excludes halogenated alkanes) is 5. The fourth-order valence-corrected chi connectivity index (χ4v) is 4.37. The molecule has 0 spiro atoms. The first-order valence-corrected chi connectivity index (χ1v) is 13.4. The molecular weight excluding hydrogens is 490 g/mol. The Hall–Kier alpha value is -4.44. The van der Waals surface area contributed by atoms with E-state index in [2.05, 4.69) is 18.3 Å². The second-order valence-electron chi connectivity index (χ2n) is 9.58. The maximum Gasteiger partial charge on any atom is 0.394 e. The van der Waals surface area contributed by atoms with Crippen molar-refractivity contribution in [2.45, 2.75) is 58.5 Å². The van der Waals surface area contributed by atoms with E-state index < -0.39 is 11.9 Å². The van der Waals surface area contributed by atoms with Gasteiger partial charge in [0.15, 0.2) is 0 Å². The van der Waals surface area contributed by atoms with Crippen LogP contribution in [0, 0.1) is 11.3 Å². The maximum atomic E-state index is 12.6. The molecule has 3 aromatic carbocycles. The number of benzene rings is 3. The highest BCUT2D eigenvalue weighted by molar-refractivity contribution is 6.31. The number of nitrogens with one attached hydrogen (secondary N) is 1. The summed E-state index contributed by atoms with van der Waals surface area (Å²) in [6, 6.07) is 23.7. The molecule has 2 N–H and O–H groups in total. The van der Waals surface area contributed by atoms with Crippen molar-refractivity contribution in [1.82, 2.24) is 10.2 Å². The van der Waals surface area contributed by atoms with Gasteiger partial charge in [0.2, 0.25) is 0 Å². The molecule has 0 bridgehead atoms. The Morgan fingerprint density at radius 2 is 1.51 bits per heavy atom. The molecule has 7 heteroatoms. The molecule has 3 rings (SSSR count). The number of carbonyl (C=O) groups is 3. The van der Waals surface area contributed by atoms with Gasteiger partial charge in [-0.25, -0.2) is 4.79 Å². The Labute approximate surface area is 230 Å². The Balaban J connectivity index is 1.63. The number of nitrogens with zero attached hydrogens (tertiary/aromatic N) is 2. The lowest BCUT2D eigenvalue weighted by molar-refractivity contribution is -0.156. The molecule has 0 radical (unpaired) electrons. The summed E-state index contributed by atoms with van der Waals surface area (Å²) in [5.74, 6) is -2.64.